The van der Waals surface area contributed by atoms with Gasteiger partial charge in [-0.2, -0.15) is 0 Å². The molecule has 0 saturated carbocycles. The molecule has 0 fully saturated rings. The molecule has 0 saturated heterocycles. The van der Waals surface area contributed by atoms with E-state index in [1.165, 1.54) is 11.3 Å². The Labute approximate surface area is 109 Å². The van der Waals surface area contributed by atoms with E-state index >= 15 is 0 Å². The fraction of sp³-hybridized carbons (Fsp3) is 0.500. The molecule has 18 heavy (non-hydrogen) atoms. The van der Waals surface area contributed by atoms with Gasteiger partial charge in [0.15, 0.2) is 5.96 Å². The van der Waals surface area contributed by atoms with Crippen LogP contribution in [0.25, 0.3) is 0 Å². The molecule has 98 valence electrons. The summed E-state index contributed by atoms with van der Waals surface area (Å²) in [7, 11) is 3.67. The van der Waals surface area contributed by atoms with Gasteiger partial charge in [-0.1, -0.05) is 18.2 Å². The first-order chi connectivity index (χ1) is 8.76. The Morgan fingerprint density at radius 3 is 2.94 bits per heavy atom. The SMILES string of the molecule is CN=C(NC)NCC(C)N1CCc2ccccc21. The average Bonchev–Trinajstić information content (AvgIpc) is 2.83. The molecule has 1 aliphatic heterocycles. The number of hydrogen-bond donors (Lipinski definition) is 2. The minimum absolute atomic E-state index is 0.457. The van der Waals surface area contributed by atoms with E-state index in [9.17, 15) is 0 Å². The molecule has 1 atom stereocenters. The predicted molar refractivity (Wildman–Crippen MR) is 77.4 cm³/mol. The highest BCUT2D eigenvalue weighted by Gasteiger charge is 2.22. The fourth-order valence-corrected chi connectivity index (χ4v) is 2.46. The molecule has 0 spiro atoms. The second-order valence-electron chi connectivity index (χ2n) is 4.62. The summed E-state index contributed by atoms with van der Waals surface area (Å²) in [6.45, 7) is 4.25. The second kappa shape index (κ2) is 5.76. The van der Waals surface area contributed by atoms with Gasteiger partial charge in [0.05, 0.1) is 0 Å². The van der Waals surface area contributed by atoms with Crippen LogP contribution in [0.3, 0.4) is 0 Å². The molecule has 2 N–H and O–H groups in total. The summed E-state index contributed by atoms with van der Waals surface area (Å²) in [6, 6.07) is 9.13. The first kappa shape index (κ1) is 12.7. The van der Waals surface area contributed by atoms with Crippen molar-refractivity contribution in [1.82, 2.24) is 10.6 Å². The number of fused-ring (bicyclic) bond motifs is 1. The van der Waals surface area contributed by atoms with E-state index in [4.69, 9.17) is 0 Å². The molecule has 0 aromatic heterocycles. The van der Waals surface area contributed by atoms with Gasteiger partial charge >= 0.3 is 0 Å². The highest BCUT2D eigenvalue weighted by molar-refractivity contribution is 5.79. The Morgan fingerprint density at radius 1 is 1.44 bits per heavy atom. The Bertz CT molecular complexity index is 428. The van der Waals surface area contributed by atoms with E-state index < -0.39 is 0 Å². The van der Waals surface area contributed by atoms with Gasteiger partial charge in [0.1, 0.15) is 0 Å². The molecule has 1 aromatic rings. The van der Waals surface area contributed by atoms with E-state index in [2.05, 4.69) is 51.7 Å². The number of rotatable bonds is 3. The summed E-state index contributed by atoms with van der Waals surface area (Å²) >= 11 is 0. The highest BCUT2D eigenvalue weighted by atomic mass is 15.2. The van der Waals surface area contributed by atoms with Gasteiger partial charge in [0.2, 0.25) is 0 Å². The second-order valence-corrected chi connectivity index (χ2v) is 4.62. The van der Waals surface area contributed by atoms with Gasteiger partial charge in [0.25, 0.3) is 0 Å². The number of para-hydroxylation sites is 1. The Balaban J connectivity index is 1.97. The lowest BCUT2D eigenvalue weighted by atomic mass is 10.2. The van der Waals surface area contributed by atoms with Gasteiger partial charge in [-0.25, -0.2) is 0 Å². The predicted octanol–water partition coefficient (Wildman–Crippen LogP) is 1.23. The lowest BCUT2D eigenvalue weighted by molar-refractivity contribution is 0.629. The van der Waals surface area contributed by atoms with Crippen molar-refractivity contribution in [3.8, 4) is 0 Å². The van der Waals surface area contributed by atoms with Crippen LogP contribution in [0.15, 0.2) is 29.3 Å². The zero-order chi connectivity index (χ0) is 13.0. The Morgan fingerprint density at radius 2 is 2.22 bits per heavy atom. The smallest absolute Gasteiger partial charge is 0.190 e. The highest BCUT2D eigenvalue weighted by Crippen LogP contribution is 2.28. The standard InChI is InChI=1S/C14H22N4/c1-11(10-17-14(15-2)16-3)18-9-8-12-6-4-5-7-13(12)18/h4-7,11H,8-10H2,1-3H3,(H2,15,16,17). The van der Waals surface area contributed by atoms with Crippen molar-refractivity contribution < 1.29 is 0 Å². The third kappa shape index (κ3) is 2.58. The number of nitrogens with zero attached hydrogens (tertiary/aromatic N) is 2. The molecule has 1 unspecified atom stereocenters. The van der Waals surface area contributed by atoms with Crippen molar-refractivity contribution in [3.63, 3.8) is 0 Å². The number of nitrogens with one attached hydrogen (secondary N) is 2. The molecule has 0 bridgehead atoms. The third-order valence-electron chi connectivity index (χ3n) is 3.48. The van der Waals surface area contributed by atoms with Crippen molar-refractivity contribution in [1.29, 1.82) is 0 Å². The van der Waals surface area contributed by atoms with Crippen LogP contribution in [0.2, 0.25) is 0 Å². The van der Waals surface area contributed by atoms with E-state index in [-0.39, 0.29) is 0 Å². The van der Waals surface area contributed by atoms with Crippen LogP contribution in [0.4, 0.5) is 5.69 Å². The monoisotopic (exact) mass is 246 g/mol. The minimum Gasteiger partial charge on any atom is -0.366 e. The maximum atomic E-state index is 4.13. The molecule has 1 aromatic carbocycles. The van der Waals surface area contributed by atoms with Crippen LogP contribution < -0.4 is 15.5 Å². The maximum Gasteiger partial charge on any atom is 0.190 e. The van der Waals surface area contributed by atoms with Crippen LogP contribution in [0, 0.1) is 0 Å². The Hall–Kier alpha value is -1.71. The molecule has 2 rings (SSSR count). The molecular weight excluding hydrogens is 224 g/mol. The van der Waals surface area contributed by atoms with E-state index in [1.807, 2.05) is 7.05 Å². The molecule has 0 aliphatic carbocycles. The van der Waals surface area contributed by atoms with Crippen LogP contribution >= 0.6 is 0 Å². The van der Waals surface area contributed by atoms with Crippen LogP contribution in [0.1, 0.15) is 12.5 Å². The largest absolute Gasteiger partial charge is 0.366 e. The van der Waals surface area contributed by atoms with Crippen molar-refractivity contribution in [2.75, 3.05) is 32.1 Å². The van der Waals surface area contributed by atoms with Crippen molar-refractivity contribution in [2.45, 2.75) is 19.4 Å². The molecule has 1 aliphatic rings. The van der Waals surface area contributed by atoms with Gasteiger partial charge in [-0.15, -0.1) is 0 Å². The number of hydrogen-bond acceptors (Lipinski definition) is 2. The third-order valence-corrected chi connectivity index (χ3v) is 3.48. The quantitative estimate of drug-likeness (QED) is 0.622. The molecule has 0 amide bonds. The Kier molecular flexibility index (Phi) is 4.07. The van der Waals surface area contributed by atoms with E-state index in [1.54, 1.807) is 7.05 Å². The normalized spacial score (nSPS) is 16.4. The number of guanidine groups is 1. The average molecular weight is 246 g/mol. The van der Waals surface area contributed by atoms with Crippen molar-refractivity contribution in [2.24, 2.45) is 4.99 Å². The topological polar surface area (TPSA) is 39.7 Å². The fourth-order valence-electron chi connectivity index (χ4n) is 2.46. The first-order valence-corrected chi connectivity index (χ1v) is 6.49. The lowest BCUT2D eigenvalue weighted by Crippen LogP contribution is -2.44. The maximum absolute atomic E-state index is 4.13. The summed E-state index contributed by atoms with van der Waals surface area (Å²) in [6.07, 6.45) is 1.15. The summed E-state index contributed by atoms with van der Waals surface area (Å²) in [5.41, 5.74) is 2.84. The minimum atomic E-state index is 0.457. The summed E-state index contributed by atoms with van der Waals surface area (Å²) in [4.78, 5) is 6.59. The summed E-state index contributed by atoms with van der Waals surface area (Å²) in [5.74, 6) is 0.842. The zero-order valence-electron chi connectivity index (χ0n) is 11.4. The van der Waals surface area contributed by atoms with Crippen LogP contribution in [-0.4, -0.2) is 39.2 Å². The number of anilines is 1. The van der Waals surface area contributed by atoms with E-state index in [0.29, 0.717) is 6.04 Å². The van der Waals surface area contributed by atoms with Crippen LogP contribution in [-0.2, 0) is 6.42 Å². The molecule has 0 radical (unpaired) electrons. The lowest BCUT2D eigenvalue weighted by Gasteiger charge is -2.28. The van der Waals surface area contributed by atoms with Gasteiger partial charge in [-0.3, -0.25) is 4.99 Å². The molecule has 4 nitrogen and oxygen atoms in total. The summed E-state index contributed by atoms with van der Waals surface area (Å²) in [5, 5.41) is 6.36. The van der Waals surface area contributed by atoms with Crippen LogP contribution in [0.5, 0.6) is 0 Å². The number of aliphatic imine (C=N–C) groups is 1. The summed E-state index contributed by atoms with van der Waals surface area (Å²) < 4.78 is 0. The first-order valence-electron chi connectivity index (χ1n) is 6.49. The van der Waals surface area contributed by atoms with Gasteiger partial charge in [0, 0.05) is 38.9 Å². The molecular formula is C14H22N4. The molecule has 1 heterocycles. The number of benzene rings is 1. The van der Waals surface area contributed by atoms with Crippen molar-refractivity contribution >= 4 is 11.6 Å². The van der Waals surface area contributed by atoms with Crippen molar-refractivity contribution in [3.05, 3.63) is 29.8 Å². The zero-order valence-corrected chi connectivity index (χ0v) is 11.4. The van der Waals surface area contributed by atoms with Gasteiger partial charge in [-0.05, 0) is 25.0 Å². The van der Waals surface area contributed by atoms with E-state index in [0.717, 1.165) is 25.5 Å². The van der Waals surface area contributed by atoms with Gasteiger partial charge < -0.3 is 15.5 Å². The molecule has 4 heteroatoms.